The average Bonchev–Trinajstić information content (AvgIpc) is 2.48. The Kier molecular flexibility index (Phi) is 4.50. The Balaban J connectivity index is 2.29. The van der Waals surface area contributed by atoms with Gasteiger partial charge in [0.25, 0.3) is 0 Å². The van der Waals surface area contributed by atoms with Crippen molar-refractivity contribution < 1.29 is 19.2 Å². The van der Waals surface area contributed by atoms with Gasteiger partial charge in [0.1, 0.15) is 11.3 Å². The second kappa shape index (κ2) is 6.51. The van der Waals surface area contributed by atoms with Crippen LogP contribution in [0.25, 0.3) is 0 Å². The Hall–Kier alpha value is -2.89. The predicted molar refractivity (Wildman–Crippen MR) is 75.7 cm³/mol. The summed E-state index contributed by atoms with van der Waals surface area (Å²) in [7, 11) is 0. The molecule has 0 heterocycles. The molecular formula is C15H13NO5. The zero-order valence-corrected chi connectivity index (χ0v) is 11.3. The second-order valence-electron chi connectivity index (χ2n) is 4.04. The molecule has 6 heteroatoms. The highest BCUT2D eigenvalue weighted by Crippen LogP contribution is 2.28. The number of esters is 1. The molecule has 2 aromatic rings. The molecule has 0 aliphatic rings. The van der Waals surface area contributed by atoms with Crippen molar-refractivity contribution in [3.63, 3.8) is 0 Å². The molecular weight excluding hydrogens is 274 g/mol. The third kappa shape index (κ3) is 3.36. The summed E-state index contributed by atoms with van der Waals surface area (Å²) in [6.07, 6.45) is 0. The lowest BCUT2D eigenvalue weighted by Gasteiger charge is -2.09. The summed E-state index contributed by atoms with van der Waals surface area (Å²) >= 11 is 0. The fourth-order valence-electron chi connectivity index (χ4n) is 1.77. The molecule has 2 rings (SSSR count). The number of ether oxygens (including phenoxy) is 2. The summed E-state index contributed by atoms with van der Waals surface area (Å²) in [6, 6.07) is 12.3. The lowest BCUT2D eigenvalue weighted by atomic mass is 10.2. The van der Waals surface area contributed by atoms with Crippen LogP contribution in [0.1, 0.15) is 17.3 Å². The molecule has 2 aromatic carbocycles. The average molecular weight is 287 g/mol. The number of nitrogens with zero attached hydrogens (tertiary/aromatic N) is 1. The monoisotopic (exact) mass is 287 g/mol. The van der Waals surface area contributed by atoms with Gasteiger partial charge in [-0.25, -0.2) is 4.79 Å². The van der Waals surface area contributed by atoms with Crippen LogP contribution in [0.2, 0.25) is 0 Å². The number of nitro benzene ring substituents is 1. The summed E-state index contributed by atoms with van der Waals surface area (Å²) in [4.78, 5) is 22.5. The highest BCUT2D eigenvalue weighted by molar-refractivity contribution is 5.94. The van der Waals surface area contributed by atoms with E-state index in [0.717, 1.165) is 0 Å². The number of nitro groups is 1. The Bertz CT molecular complexity index is 669. The Labute approximate surface area is 121 Å². The first-order chi connectivity index (χ1) is 10.1. The smallest absolute Gasteiger partial charge is 0.347 e. The molecule has 0 amide bonds. The minimum absolute atomic E-state index is 0.0983. The molecule has 0 fully saturated rings. The maximum absolute atomic E-state index is 12.2. The maximum Gasteiger partial charge on any atom is 0.347 e. The third-order valence-corrected chi connectivity index (χ3v) is 2.67. The number of hydrogen-bond donors (Lipinski definition) is 0. The first kappa shape index (κ1) is 14.5. The summed E-state index contributed by atoms with van der Waals surface area (Å²) in [5.74, 6) is -0.421. The van der Waals surface area contributed by atoms with Crippen LogP contribution in [0.4, 0.5) is 5.69 Å². The van der Waals surface area contributed by atoms with Crippen LogP contribution >= 0.6 is 0 Å². The summed E-state index contributed by atoms with van der Waals surface area (Å²) in [6.45, 7) is 2.19. The topological polar surface area (TPSA) is 78.7 Å². The van der Waals surface area contributed by atoms with Crippen molar-refractivity contribution in [1.29, 1.82) is 0 Å². The van der Waals surface area contributed by atoms with E-state index in [1.807, 2.05) is 0 Å². The van der Waals surface area contributed by atoms with Gasteiger partial charge >= 0.3 is 11.7 Å². The van der Waals surface area contributed by atoms with E-state index in [0.29, 0.717) is 12.4 Å². The lowest BCUT2D eigenvalue weighted by molar-refractivity contribution is -0.385. The number of hydrogen-bond acceptors (Lipinski definition) is 5. The van der Waals surface area contributed by atoms with Crippen LogP contribution in [0.15, 0.2) is 48.5 Å². The molecule has 0 bridgehead atoms. The third-order valence-electron chi connectivity index (χ3n) is 2.67. The van der Waals surface area contributed by atoms with Crippen LogP contribution in [-0.2, 0) is 0 Å². The SMILES string of the molecule is CCOc1ccccc1C(=O)Oc1ccccc1[N+](=O)[O-]. The van der Waals surface area contributed by atoms with Gasteiger partial charge in [-0.1, -0.05) is 24.3 Å². The second-order valence-corrected chi connectivity index (χ2v) is 4.04. The molecule has 0 saturated carbocycles. The fraction of sp³-hybridized carbons (Fsp3) is 0.133. The molecule has 0 atom stereocenters. The van der Waals surface area contributed by atoms with E-state index in [9.17, 15) is 14.9 Å². The van der Waals surface area contributed by atoms with Gasteiger partial charge in [0.15, 0.2) is 0 Å². The van der Waals surface area contributed by atoms with E-state index in [1.165, 1.54) is 18.2 Å². The zero-order valence-electron chi connectivity index (χ0n) is 11.3. The van der Waals surface area contributed by atoms with Crippen LogP contribution in [0, 0.1) is 10.1 Å². The van der Waals surface area contributed by atoms with E-state index >= 15 is 0 Å². The number of carbonyl (C=O) groups is 1. The largest absolute Gasteiger partial charge is 0.493 e. The van der Waals surface area contributed by atoms with Crippen molar-refractivity contribution in [2.75, 3.05) is 6.61 Å². The van der Waals surface area contributed by atoms with Gasteiger partial charge in [0.2, 0.25) is 5.75 Å². The van der Waals surface area contributed by atoms with E-state index in [4.69, 9.17) is 9.47 Å². The molecule has 0 spiro atoms. The van der Waals surface area contributed by atoms with Crippen LogP contribution < -0.4 is 9.47 Å². The number of benzene rings is 2. The first-order valence-electron chi connectivity index (χ1n) is 6.31. The molecule has 0 radical (unpaired) electrons. The highest BCUT2D eigenvalue weighted by Gasteiger charge is 2.20. The van der Waals surface area contributed by atoms with Crippen molar-refractivity contribution in [2.24, 2.45) is 0 Å². The highest BCUT2D eigenvalue weighted by atomic mass is 16.6. The minimum Gasteiger partial charge on any atom is -0.493 e. The summed E-state index contributed by atoms with van der Waals surface area (Å²) in [5, 5.41) is 10.9. The lowest BCUT2D eigenvalue weighted by Crippen LogP contribution is -2.11. The number of carbonyl (C=O) groups excluding carboxylic acids is 1. The van der Waals surface area contributed by atoms with E-state index in [1.54, 1.807) is 37.3 Å². The van der Waals surface area contributed by atoms with Gasteiger partial charge in [-0.05, 0) is 25.1 Å². The molecule has 0 aliphatic heterocycles. The number of para-hydroxylation sites is 3. The zero-order chi connectivity index (χ0) is 15.2. The Morgan fingerprint density at radius 1 is 1.10 bits per heavy atom. The van der Waals surface area contributed by atoms with Crippen LogP contribution in [0.5, 0.6) is 11.5 Å². The molecule has 0 N–H and O–H groups in total. The van der Waals surface area contributed by atoms with Gasteiger partial charge in [-0.15, -0.1) is 0 Å². The van der Waals surface area contributed by atoms with Crippen molar-refractivity contribution >= 4 is 11.7 Å². The van der Waals surface area contributed by atoms with Crippen LogP contribution in [0.3, 0.4) is 0 Å². The van der Waals surface area contributed by atoms with Crippen molar-refractivity contribution in [3.8, 4) is 11.5 Å². The quantitative estimate of drug-likeness (QED) is 0.365. The Morgan fingerprint density at radius 2 is 1.71 bits per heavy atom. The van der Waals surface area contributed by atoms with Crippen LogP contribution in [-0.4, -0.2) is 17.5 Å². The van der Waals surface area contributed by atoms with E-state index in [-0.39, 0.29) is 17.0 Å². The molecule has 0 aliphatic carbocycles. The van der Waals surface area contributed by atoms with Gasteiger partial charge in [-0.3, -0.25) is 10.1 Å². The fourth-order valence-corrected chi connectivity index (χ4v) is 1.77. The standard InChI is InChI=1S/C15H13NO5/c1-2-20-13-9-5-3-7-11(13)15(17)21-14-10-6-4-8-12(14)16(18)19/h3-10H,2H2,1H3. The van der Waals surface area contributed by atoms with Crippen molar-refractivity contribution in [1.82, 2.24) is 0 Å². The molecule has 21 heavy (non-hydrogen) atoms. The van der Waals surface area contributed by atoms with Gasteiger partial charge in [-0.2, -0.15) is 0 Å². The normalized spacial score (nSPS) is 9.95. The molecule has 0 unspecified atom stereocenters. The van der Waals surface area contributed by atoms with Crippen molar-refractivity contribution in [3.05, 3.63) is 64.2 Å². The van der Waals surface area contributed by atoms with Gasteiger partial charge in [0, 0.05) is 6.07 Å². The van der Waals surface area contributed by atoms with Gasteiger partial charge in [0.05, 0.1) is 11.5 Å². The Morgan fingerprint density at radius 3 is 2.38 bits per heavy atom. The molecule has 0 saturated heterocycles. The molecule has 6 nitrogen and oxygen atoms in total. The molecule has 0 aromatic heterocycles. The van der Waals surface area contributed by atoms with Crippen molar-refractivity contribution in [2.45, 2.75) is 6.92 Å². The summed E-state index contributed by atoms with van der Waals surface area (Å²) in [5.41, 5.74) is -0.0442. The maximum atomic E-state index is 12.2. The molecule has 108 valence electrons. The predicted octanol–water partition coefficient (Wildman–Crippen LogP) is 3.21. The first-order valence-corrected chi connectivity index (χ1v) is 6.31. The van der Waals surface area contributed by atoms with E-state index in [2.05, 4.69) is 0 Å². The summed E-state index contributed by atoms with van der Waals surface area (Å²) < 4.78 is 10.5. The number of rotatable bonds is 5. The minimum atomic E-state index is -0.701. The van der Waals surface area contributed by atoms with Gasteiger partial charge < -0.3 is 9.47 Å². The van der Waals surface area contributed by atoms with E-state index < -0.39 is 10.9 Å².